The Kier molecular flexibility index (Phi) is 6.24. The fourth-order valence-corrected chi connectivity index (χ4v) is 2.71. The summed E-state index contributed by atoms with van der Waals surface area (Å²) in [7, 11) is 1.63. The van der Waals surface area contributed by atoms with Crippen LogP contribution in [0.25, 0.3) is 5.57 Å². The van der Waals surface area contributed by atoms with Crippen LogP contribution in [0.15, 0.2) is 40.9 Å². The molecule has 0 bridgehead atoms. The molecule has 2 aromatic rings. The molecule has 2 heterocycles. The second kappa shape index (κ2) is 8.81. The molecule has 0 saturated carbocycles. The lowest BCUT2D eigenvalue weighted by atomic mass is 10.1. The average molecular weight is 393 g/mol. The molecule has 0 aliphatic carbocycles. The molecule has 0 spiro atoms. The number of alkyl halides is 1. The third kappa shape index (κ3) is 5.17. The molecule has 0 saturated heterocycles. The van der Waals surface area contributed by atoms with E-state index in [2.05, 4.69) is 5.16 Å². The quantitative estimate of drug-likeness (QED) is 0.690. The molecule has 0 N–H and O–H groups in total. The molecule has 8 heteroatoms. The van der Waals surface area contributed by atoms with E-state index in [0.717, 1.165) is 16.9 Å². The molecule has 7 nitrogen and oxygen atoms in total. The highest BCUT2D eigenvalue weighted by molar-refractivity contribution is 6.19. The highest BCUT2D eigenvalue weighted by Gasteiger charge is 2.22. The van der Waals surface area contributed by atoms with Crippen molar-refractivity contribution in [2.45, 2.75) is 25.5 Å². The minimum absolute atomic E-state index is 0.380. The van der Waals surface area contributed by atoms with Crippen LogP contribution in [0.3, 0.4) is 0 Å². The van der Waals surface area contributed by atoms with Crippen molar-refractivity contribution < 1.29 is 23.5 Å². The molecule has 144 valence electrons. The first-order valence-corrected chi connectivity index (χ1v) is 9.00. The second-order valence-corrected chi connectivity index (χ2v) is 6.63. The van der Waals surface area contributed by atoms with E-state index < -0.39 is 11.7 Å². The summed E-state index contributed by atoms with van der Waals surface area (Å²) >= 11 is 5.68. The summed E-state index contributed by atoms with van der Waals surface area (Å²) in [6.45, 7) is 2.94. The number of benzene rings is 1. The monoisotopic (exact) mass is 392 g/mol. The third-order valence-electron chi connectivity index (χ3n) is 4.08. The highest BCUT2D eigenvalue weighted by atomic mass is 35.5. The minimum Gasteiger partial charge on any atom is -0.497 e. The minimum atomic E-state index is -0.650. The number of ether oxygens (including phenoxy) is 3. The molecular formula is C19H21ClN2O5. The van der Waals surface area contributed by atoms with Crippen molar-refractivity contribution in [2.24, 2.45) is 0 Å². The summed E-state index contributed by atoms with van der Waals surface area (Å²) in [6, 6.07) is 9.37. The van der Waals surface area contributed by atoms with E-state index in [-0.39, 0.29) is 0 Å². The number of aromatic nitrogens is 1. The van der Waals surface area contributed by atoms with E-state index in [4.69, 9.17) is 30.3 Å². The number of halogens is 1. The van der Waals surface area contributed by atoms with Gasteiger partial charge in [-0.15, -0.1) is 0 Å². The van der Waals surface area contributed by atoms with Crippen LogP contribution < -0.4 is 9.47 Å². The third-order valence-corrected chi connectivity index (χ3v) is 4.17. The zero-order chi connectivity index (χ0) is 19.2. The standard InChI is InChI=1S/C19H21ClN2O5/c1-13(20)26-19(23)22-9-7-15(8-10-22)17-11-18(21-27-17)25-12-14-3-5-16(24-2)6-4-14/h3-7,11,13H,8-10,12H2,1-2H3. The Hall–Kier alpha value is -2.67. The summed E-state index contributed by atoms with van der Waals surface area (Å²) in [5, 5.41) is 3.95. The van der Waals surface area contributed by atoms with Crippen LogP contribution in [0.1, 0.15) is 24.7 Å². The van der Waals surface area contributed by atoms with Crippen molar-refractivity contribution in [3.05, 3.63) is 47.7 Å². The molecule has 1 aliphatic heterocycles. The molecule has 1 atom stereocenters. The van der Waals surface area contributed by atoms with Gasteiger partial charge in [-0.05, 0) is 41.8 Å². The van der Waals surface area contributed by atoms with Crippen molar-refractivity contribution in [1.29, 1.82) is 0 Å². The summed E-state index contributed by atoms with van der Waals surface area (Å²) in [4.78, 5) is 13.4. The second-order valence-electron chi connectivity index (χ2n) is 6.02. The van der Waals surface area contributed by atoms with Gasteiger partial charge in [-0.3, -0.25) is 0 Å². The smallest absolute Gasteiger partial charge is 0.411 e. The summed E-state index contributed by atoms with van der Waals surface area (Å²) in [6.07, 6.45) is 2.13. The van der Waals surface area contributed by atoms with E-state index in [1.807, 2.05) is 30.3 Å². The van der Waals surface area contributed by atoms with Crippen molar-refractivity contribution in [1.82, 2.24) is 10.1 Å². The Morgan fingerprint density at radius 1 is 1.37 bits per heavy atom. The van der Waals surface area contributed by atoms with Gasteiger partial charge in [-0.25, -0.2) is 4.79 Å². The van der Waals surface area contributed by atoms with E-state index in [1.54, 1.807) is 25.0 Å². The maximum atomic E-state index is 11.8. The van der Waals surface area contributed by atoms with Gasteiger partial charge in [-0.2, -0.15) is 0 Å². The number of hydrogen-bond donors (Lipinski definition) is 0. The number of nitrogens with zero attached hydrogens (tertiary/aromatic N) is 2. The van der Waals surface area contributed by atoms with E-state index in [0.29, 0.717) is 37.8 Å². The van der Waals surface area contributed by atoms with Gasteiger partial charge >= 0.3 is 6.09 Å². The lowest BCUT2D eigenvalue weighted by Gasteiger charge is -2.25. The number of carbonyl (C=O) groups is 1. The molecule has 1 aliphatic rings. The SMILES string of the molecule is COc1ccc(COc2cc(C3=CCN(C(=O)OC(C)Cl)CC3)on2)cc1. The average Bonchev–Trinajstić information content (AvgIpc) is 3.15. The summed E-state index contributed by atoms with van der Waals surface area (Å²) in [5.41, 5.74) is 1.33. The van der Waals surface area contributed by atoms with Crippen molar-refractivity contribution >= 4 is 23.3 Å². The Morgan fingerprint density at radius 3 is 2.78 bits per heavy atom. The van der Waals surface area contributed by atoms with Crippen molar-refractivity contribution in [3.8, 4) is 11.6 Å². The van der Waals surface area contributed by atoms with Gasteiger partial charge in [0.25, 0.3) is 5.88 Å². The predicted molar refractivity (Wildman–Crippen MR) is 99.8 cm³/mol. The van der Waals surface area contributed by atoms with Gasteiger partial charge in [0.2, 0.25) is 0 Å². The highest BCUT2D eigenvalue weighted by Crippen LogP contribution is 2.26. The largest absolute Gasteiger partial charge is 0.497 e. The predicted octanol–water partition coefficient (Wildman–Crippen LogP) is 4.07. The van der Waals surface area contributed by atoms with Crippen molar-refractivity contribution in [3.63, 3.8) is 0 Å². The number of rotatable bonds is 6. The van der Waals surface area contributed by atoms with E-state index in [9.17, 15) is 4.79 Å². The molecular weight excluding hydrogens is 372 g/mol. The van der Waals surface area contributed by atoms with Gasteiger partial charge in [0.05, 0.1) is 7.11 Å². The van der Waals surface area contributed by atoms with Crippen LogP contribution in [0, 0.1) is 0 Å². The Labute approximate surface area is 162 Å². The lowest BCUT2D eigenvalue weighted by molar-refractivity contribution is 0.0993. The van der Waals surface area contributed by atoms with Crippen LogP contribution in [-0.2, 0) is 11.3 Å². The van der Waals surface area contributed by atoms with Crippen LogP contribution in [0.4, 0.5) is 4.79 Å². The number of methoxy groups -OCH3 is 1. The molecule has 1 aromatic carbocycles. The molecule has 27 heavy (non-hydrogen) atoms. The summed E-state index contributed by atoms with van der Waals surface area (Å²) in [5.74, 6) is 1.85. The number of carbonyl (C=O) groups excluding carboxylic acids is 1. The van der Waals surface area contributed by atoms with Crippen LogP contribution >= 0.6 is 11.6 Å². The zero-order valence-corrected chi connectivity index (χ0v) is 15.9. The Morgan fingerprint density at radius 2 is 2.15 bits per heavy atom. The first kappa shape index (κ1) is 19.1. The summed E-state index contributed by atoms with van der Waals surface area (Å²) < 4.78 is 21.2. The van der Waals surface area contributed by atoms with E-state index in [1.165, 1.54) is 0 Å². The first-order chi connectivity index (χ1) is 13.0. The van der Waals surface area contributed by atoms with Gasteiger partial charge in [0, 0.05) is 19.2 Å². The maximum absolute atomic E-state index is 11.8. The van der Waals surface area contributed by atoms with Crippen LogP contribution in [0.5, 0.6) is 11.6 Å². The fraction of sp³-hybridized carbons (Fsp3) is 0.368. The van der Waals surface area contributed by atoms with Crippen molar-refractivity contribution in [2.75, 3.05) is 20.2 Å². The van der Waals surface area contributed by atoms with Gasteiger partial charge in [0.15, 0.2) is 11.3 Å². The van der Waals surface area contributed by atoms with Gasteiger partial charge < -0.3 is 23.6 Å². The molecule has 3 rings (SSSR count). The Bertz CT molecular complexity index is 801. The van der Waals surface area contributed by atoms with Gasteiger partial charge in [0.1, 0.15) is 12.4 Å². The lowest BCUT2D eigenvalue weighted by Crippen LogP contribution is -2.36. The molecule has 0 fully saturated rings. The van der Waals surface area contributed by atoms with Crippen LogP contribution in [0.2, 0.25) is 0 Å². The maximum Gasteiger partial charge on any atom is 0.411 e. The number of hydrogen-bond acceptors (Lipinski definition) is 6. The van der Waals surface area contributed by atoms with Gasteiger partial charge in [-0.1, -0.05) is 29.8 Å². The Balaban J connectivity index is 1.54. The molecule has 1 aromatic heterocycles. The topological polar surface area (TPSA) is 74.0 Å². The molecule has 0 radical (unpaired) electrons. The molecule has 1 amide bonds. The molecule has 1 unspecified atom stereocenters. The van der Waals surface area contributed by atoms with Crippen LogP contribution in [-0.4, -0.2) is 41.9 Å². The fourth-order valence-electron chi connectivity index (χ4n) is 2.63. The number of amides is 1. The first-order valence-electron chi connectivity index (χ1n) is 8.56. The zero-order valence-electron chi connectivity index (χ0n) is 15.2. The normalized spacial score (nSPS) is 15.1. The van der Waals surface area contributed by atoms with E-state index >= 15 is 0 Å².